The minimum absolute atomic E-state index is 0.243. The van der Waals surface area contributed by atoms with E-state index < -0.39 is 5.67 Å². The molecule has 8 nitrogen and oxygen atoms in total. The lowest BCUT2D eigenvalue weighted by Crippen LogP contribution is -2.39. The zero-order chi connectivity index (χ0) is 25.0. The molecule has 2 heterocycles. The average molecular weight is 482 g/mol. The molecule has 3 aromatic rings. The van der Waals surface area contributed by atoms with Crippen LogP contribution >= 0.6 is 0 Å². The van der Waals surface area contributed by atoms with Crippen molar-refractivity contribution in [2.24, 2.45) is 5.92 Å². The van der Waals surface area contributed by atoms with Gasteiger partial charge in [0.2, 0.25) is 5.95 Å². The van der Waals surface area contributed by atoms with Crippen molar-refractivity contribution in [3.8, 4) is 11.4 Å². The first-order valence-electron chi connectivity index (χ1n) is 11.7. The Morgan fingerprint density at radius 2 is 2.09 bits per heavy atom. The smallest absolute Gasteiger partial charge is 0.228 e. The SMILES string of the molecule is C=C(OCC)c1cc(COCC2CC(C)(F)C2)nc(Nc2ccc(-n3cnc(C)c3)c(OC)c2)n1. The summed E-state index contributed by atoms with van der Waals surface area (Å²) in [5.41, 5.74) is 2.73. The van der Waals surface area contributed by atoms with E-state index in [-0.39, 0.29) is 12.5 Å². The van der Waals surface area contributed by atoms with Gasteiger partial charge in [-0.2, -0.15) is 0 Å². The first-order valence-corrected chi connectivity index (χ1v) is 11.7. The van der Waals surface area contributed by atoms with Crippen LogP contribution in [-0.2, 0) is 16.1 Å². The third-order valence-electron chi connectivity index (χ3n) is 5.84. The normalized spacial score (nSPS) is 19.2. The Morgan fingerprint density at radius 3 is 2.74 bits per heavy atom. The maximum absolute atomic E-state index is 13.7. The Balaban J connectivity index is 1.52. The molecular weight excluding hydrogens is 449 g/mol. The van der Waals surface area contributed by atoms with Gasteiger partial charge in [-0.15, -0.1) is 0 Å². The van der Waals surface area contributed by atoms with Crippen LogP contribution in [0.25, 0.3) is 11.4 Å². The van der Waals surface area contributed by atoms with Crippen LogP contribution in [0.4, 0.5) is 16.0 Å². The molecule has 1 N–H and O–H groups in total. The van der Waals surface area contributed by atoms with Gasteiger partial charge in [0, 0.05) is 18.0 Å². The summed E-state index contributed by atoms with van der Waals surface area (Å²) in [7, 11) is 1.62. The highest BCUT2D eigenvalue weighted by atomic mass is 19.1. The highest BCUT2D eigenvalue weighted by molar-refractivity contribution is 5.63. The van der Waals surface area contributed by atoms with Gasteiger partial charge in [-0.1, -0.05) is 6.58 Å². The number of ether oxygens (including phenoxy) is 3. The Labute approximate surface area is 205 Å². The predicted octanol–water partition coefficient (Wildman–Crippen LogP) is 5.38. The third-order valence-corrected chi connectivity index (χ3v) is 5.84. The number of aromatic nitrogens is 4. The van der Waals surface area contributed by atoms with Gasteiger partial charge < -0.3 is 24.1 Å². The van der Waals surface area contributed by atoms with E-state index >= 15 is 0 Å². The highest BCUT2D eigenvalue weighted by Crippen LogP contribution is 2.40. The van der Waals surface area contributed by atoms with Crippen LogP contribution < -0.4 is 10.1 Å². The summed E-state index contributed by atoms with van der Waals surface area (Å²) in [6.07, 6.45) is 4.75. The second-order valence-electron chi connectivity index (χ2n) is 9.06. The first-order chi connectivity index (χ1) is 16.8. The number of anilines is 2. The Hall–Kier alpha value is -3.46. The van der Waals surface area contributed by atoms with Crippen molar-refractivity contribution < 1.29 is 18.6 Å². The van der Waals surface area contributed by atoms with Crippen molar-refractivity contribution in [3.63, 3.8) is 0 Å². The summed E-state index contributed by atoms with van der Waals surface area (Å²) in [5.74, 6) is 1.75. The minimum atomic E-state index is -1.06. The van der Waals surface area contributed by atoms with E-state index in [1.54, 1.807) is 26.4 Å². The molecule has 9 heteroatoms. The number of rotatable bonds is 11. The number of hydrogen-bond donors (Lipinski definition) is 1. The topological polar surface area (TPSA) is 83.3 Å². The van der Waals surface area contributed by atoms with Crippen LogP contribution in [0.15, 0.2) is 43.4 Å². The molecule has 0 aliphatic heterocycles. The zero-order valence-electron chi connectivity index (χ0n) is 20.7. The van der Waals surface area contributed by atoms with Crippen LogP contribution in [-0.4, -0.2) is 45.5 Å². The van der Waals surface area contributed by atoms with Gasteiger partial charge >= 0.3 is 0 Å². The van der Waals surface area contributed by atoms with Crippen molar-refractivity contribution >= 4 is 17.4 Å². The molecule has 1 saturated carbocycles. The van der Waals surface area contributed by atoms with Crippen LogP contribution in [0.5, 0.6) is 5.75 Å². The molecule has 186 valence electrons. The summed E-state index contributed by atoms with van der Waals surface area (Å²) < 4.78 is 32.6. The second-order valence-corrected chi connectivity index (χ2v) is 9.06. The van der Waals surface area contributed by atoms with E-state index in [0.29, 0.717) is 54.9 Å². The number of nitrogens with one attached hydrogen (secondary N) is 1. The number of aryl methyl sites for hydroxylation is 1. The molecule has 0 unspecified atom stereocenters. The molecule has 0 spiro atoms. The maximum atomic E-state index is 13.7. The van der Waals surface area contributed by atoms with Gasteiger partial charge in [-0.05, 0) is 57.7 Å². The lowest BCUT2D eigenvalue weighted by molar-refractivity contribution is -0.0305. The van der Waals surface area contributed by atoms with Gasteiger partial charge in [0.15, 0.2) is 0 Å². The third kappa shape index (κ3) is 6.16. The largest absolute Gasteiger partial charge is 0.494 e. The van der Waals surface area contributed by atoms with Gasteiger partial charge in [0.1, 0.15) is 22.9 Å². The van der Waals surface area contributed by atoms with Crippen LogP contribution in [0.1, 0.15) is 43.8 Å². The van der Waals surface area contributed by atoms with E-state index in [2.05, 4.69) is 26.8 Å². The minimum Gasteiger partial charge on any atom is -0.494 e. The fraction of sp³-hybridized carbons (Fsp3) is 0.423. The molecular formula is C26H32FN5O3. The lowest BCUT2D eigenvalue weighted by atomic mass is 9.74. The molecule has 4 rings (SSSR count). The van der Waals surface area contributed by atoms with Crippen molar-refractivity contribution in [1.29, 1.82) is 0 Å². The highest BCUT2D eigenvalue weighted by Gasteiger charge is 2.40. The lowest BCUT2D eigenvalue weighted by Gasteiger charge is -2.38. The number of alkyl halides is 1. The summed E-state index contributed by atoms with van der Waals surface area (Å²) in [6.45, 7) is 10.7. The first kappa shape index (κ1) is 24.7. The van der Waals surface area contributed by atoms with Crippen molar-refractivity contribution in [2.45, 2.75) is 45.9 Å². The van der Waals surface area contributed by atoms with Crippen molar-refractivity contribution in [2.75, 3.05) is 25.6 Å². The average Bonchev–Trinajstić information content (AvgIpc) is 3.23. The van der Waals surface area contributed by atoms with E-state index in [9.17, 15) is 4.39 Å². The van der Waals surface area contributed by atoms with E-state index in [1.807, 2.05) is 42.8 Å². The number of benzene rings is 1. The molecule has 0 atom stereocenters. The number of methoxy groups -OCH3 is 1. The Kier molecular flexibility index (Phi) is 7.35. The number of halogens is 1. The molecule has 2 aromatic heterocycles. The van der Waals surface area contributed by atoms with Crippen LogP contribution in [0, 0.1) is 12.8 Å². The van der Waals surface area contributed by atoms with Gasteiger partial charge in [-0.3, -0.25) is 0 Å². The quantitative estimate of drug-likeness (QED) is 0.368. The van der Waals surface area contributed by atoms with Gasteiger partial charge in [-0.25, -0.2) is 19.3 Å². The van der Waals surface area contributed by atoms with Crippen LogP contribution in [0.2, 0.25) is 0 Å². The maximum Gasteiger partial charge on any atom is 0.228 e. The molecule has 0 amide bonds. The number of nitrogens with zero attached hydrogens (tertiary/aromatic N) is 4. The zero-order valence-corrected chi connectivity index (χ0v) is 20.7. The van der Waals surface area contributed by atoms with Gasteiger partial charge in [0.05, 0.1) is 50.3 Å². The van der Waals surface area contributed by atoms with Crippen molar-refractivity contribution in [1.82, 2.24) is 19.5 Å². The van der Waals surface area contributed by atoms with Crippen LogP contribution in [0.3, 0.4) is 0 Å². The van der Waals surface area contributed by atoms with E-state index in [0.717, 1.165) is 17.1 Å². The molecule has 0 radical (unpaired) electrons. The monoisotopic (exact) mass is 481 g/mol. The molecule has 0 bridgehead atoms. The molecule has 1 aromatic carbocycles. The second kappa shape index (κ2) is 10.4. The molecule has 0 saturated heterocycles. The predicted molar refractivity (Wildman–Crippen MR) is 133 cm³/mol. The standard InChI is InChI=1S/C26H32FN5O3/c1-6-35-18(3)22-9-21(15-34-14-19-11-26(4,27)12-19)30-25(31-22)29-20-7-8-23(24(10-20)33-5)32-13-17(2)28-16-32/h7-10,13,16,19H,3,6,11-12,14-15H2,1-2,4-5H3,(H,29,30,31). The summed E-state index contributed by atoms with van der Waals surface area (Å²) >= 11 is 0. The fourth-order valence-electron chi connectivity index (χ4n) is 4.26. The summed E-state index contributed by atoms with van der Waals surface area (Å²) in [6, 6.07) is 7.53. The Bertz CT molecular complexity index is 1190. The summed E-state index contributed by atoms with van der Waals surface area (Å²) in [4.78, 5) is 13.5. The fourth-order valence-corrected chi connectivity index (χ4v) is 4.26. The molecule has 1 fully saturated rings. The molecule has 1 aliphatic rings. The number of imidazole rings is 1. The van der Waals surface area contributed by atoms with Crippen molar-refractivity contribution in [3.05, 3.63) is 60.5 Å². The van der Waals surface area contributed by atoms with E-state index in [1.165, 1.54) is 0 Å². The molecule has 1 aliphatic carbocycles. The summed E-state index contributed by atoms with van der Waals surface area (Å²) in [5, 5.41) is 3.24. The molecule has 35 heavy (non-hydrogen) atoms. The van der Waals surface area contributed by atoms with E-state index in [4.69, 9.17) is 14.2 Å². The van der Waals surface area contributed by atoms with Gasteiger partial charge in [0.25, 0.3) is 0 Å². The Morgan fingerprint density at radius 1 is 1.29 bits per heavy atom. The number of hydrogen-bond acceptors (Lipinski definition) is 7.